The Morgan fingerprint density at radius 3 is 2.88 bits per heavy atom. The molecule has 4 nitrogen and oxygen atoms in total. The molecule has 0 aromatic heterocycles. The lowest BCUT2D eigenvalue weighted by molar-refractivity contribution is -0.115. The van der Waals surface area contributed by atoms with Gasteiger partial charge < -0.3 is 10.1 Å². The molecule has 0 fully saturated rings. The molecular formula is C11H11ClN2O2. The molecule has 0 saturated carbocycles. The van der Waals surface area contributed by atoms with E-state index in [9.17, 15) is 4.79 Å². The maximum absolute atomic E-state index is 11.2. The quantitative estimate of drug-likeness (QED) is 0.880. The average Bonchev–Trinajstić information content (AvgIpc) is 2.23. The second kappa shape index (κ2) is 5.38. The molecule has 0 atom stereocenters. The summed E-state index contributed by atoms with van der Waals surface area (Å²) in [5.74, 6) is 0.198. The third-order valence-corrected chi connectivity index (χ3v) is 2.31. The molecule has 0 radical (unpaired) electrons. The normalized spacial score (nSPS) is 9.38. The van der Waals surface area contributed by atoms with Crippen molar-refractivity contribution in [2.24, 2.45) is 0 Å². The Kier molecular flexibility index (Phi) is 4.15. The van der Waals surface area contributed by atoms with Crippen molar-refractivity contribution in [3.8, 4) is 11.8 Å². The van der Waals surface area contributed by atoms with Crippen molar-refractivity contribution < 1.29 is 9.53 Å². The monoisotopic (exact) mass is 238 g/mol. The molecule has 1 amide bonds. The number of nitrogens with one attached hydrogen (secondary N) is 1. The van der Waals surface area contributed by atoms with Gasteiger partial charge in [-0.15, -0.1) is 0 Å². The number of rotatable bonds is 3. The Bertz CT molecular complexity index is 452. The Hall–Kier alpha value is -1.73. The third kappa shape index (κ3) is 2.88. The topological polar surface area (TPSA) is 62.1 Å². The van der Waals surface area contributed by atoms with E-state index in [0.717, 1.165) is 5.56 Å². The van der Waals surface area contributed by atoms with E-state index in [-0.39, 0.29) is 12.3 Å². The molecule has 1 N–H and O–H groups in total. The van der Waals surface area contributed by atoms with E-state index in [1.54, 1.807) is 18.2 Å². The fourth-order valence-electron chi connectivity index (χ4n) is 1.21. The van der Waals surface area contributed by atoms with Gasteiger partial charge in [0.15, 0.2) is 0 Å². The highest BCUT2D eigenvalue weighted by Gasteiger charge is 2.08. The van der Waals surface area contributed by atoms with Gasteiger partial charge in [-0.05, 0) is 24.6 Å². The van der Waals surface area contributed by atoms with Crippen LogP contribution in [0.15, 0.2) is 12.1 Å². The Labute approximate surface area is 98.8 Å². The zero-order valence-corrected chi connectivity index (χ0v) is 9.76. The van der Waals surface area contributed by atoms with Crippen LogP contribution in [0.25, 0.3) is 0 Å². The number of methoxy groups -OCH3 is 1. The number of carbonyl (C=O) groups is 1. The van der Waals surface area contributed by atoms with E-state index in [1.165, 1.54) is 7.11 Å². The lowest BCUT2D eigenvalue weighted by Crippen LogP contribution is -2.11. The smallest absolute Gasteiger partial charge is 0.238 e. The highest BCUT2D eigenvalue weighted by atomic mass is 35.5. The molecule has 0 aliphatic rings. The van der Waals surface area contributed by atoms with Crippen molar-refractivity contribution in [1.29, 1.82) is 5.26 Å². The van der Waals surface area contributed by atoms with Crippen LogP contribution in [-0.2, 0) is 4.79 Å². The molecule has 0 saturated heterocycles. The molecule has 16 heavy (non-hydrogen) atoms. The molecular weight excluding hydrogens is 228 g/mol. The number of hydrogen-bond acceptors (Lipinski definition) is 3. The number of carbonyl (C=O) groups excluding carboxylic acids is 1. The highest BCUT2D eigenvalue weighted by molar-refractivity contribution is 6.32. The van der Waals surface area contributed by atoms with Crippen LogP contribution in [0, 0.1) is 18.3 Å². The Morgan fingerprint density at radius 1 is 1.62 bits per heavy atom. The van der Waals surface area contributed by atoms with Gasteiger partial charge in [0.2, 0.25) is 5.91 Å². The van der Waals surface area contributed by atoms with Crippen molar-refractivity contribution in [2.75, 3.05) is 12.4 Å². The van der Waals surface area contributed by atoms with Crippen molar-refractivity contribution in [2.45, 2.75) is 13.3 Å². The number of nitriles is 1. The van der Waals surface area contributed by atoms with Crippen LogP contribution in [0.2, 0.25) is 5.02 Å². The molecule has 1 rings (SSSR count). The number of hydrogen-bond donors (Lipinski definition) is 1. The first-order valence-electron chi connectivity index (χ1n) is 4.59. The molecule has 5 heteroatoms. The van der Waals surface area contributed by atoms with Crippen LogP contribution < -0.4 is 10.1 Å². The van der Waals surface area contributed by atoms with Gasteiger partial charge in [0.25, 0.3) is 0 Å². The molecule has 0 spiro atoms. The number of nitrogens with zero attached hydrogens (tertiary/aromatic N) is 1. The lowest BCUT2D eigenvalue weighted by atomic mass is 10.2. The van der Waals surface area contributed by atoms with E-state index in [1.807, 2.05) is 6.92 Å². The number of amides is 1. The lowest BCUT2D eigenvalue weighted by Gasteiger charge is -2.10. The predicted octanol–water partition coefficient (Wildman–Crippen LogP) is 2.51. The first-order chi connectivity index (χ1) is 7.58. The van der Waals surface area contributed by atoms with Gasteiger partial charge in [0.05, 0.1) is 18.2 Å². The summed E-state index contributed by atoms with van der Waals surface area (Å²) in [6.07, 6.45) is -0.177. The zero-order valence-electron chi connectivity index (χ0n) is 9.00. The van der Waals surface area contributed by atoms with Crippen molar-refractivity contribution in [3.63, 3.8) is 0 Å². The molecule has 1 aromatic carbocycles. The summed E-state index contributed by atoms with van der Waals surface area (Å²) in [6, 6.07) is 5.10. The summed E-state index contributed by atoms with van der Waals surface area (Å²) in [6.45, 7) is 1.82. The van der Waals surface area contributed by atoms with Crippen LogP contribution in [0.4, 0.5) is 5.69 Å². The van der Waals surface area contributed by atoms with Gasteiger partial charge in [-0.25, -0.2) is 0 Å². The average molecular weight is 239 g/mol. The van der Waals surface area contributed by atoms with Gasteiger partial charge in [-0.2, -0.15) is 5.26 Å². The standard InChI is InChI=1S/C11H11ClN2O2/c1-7-5-10(16-2)8(12)6-9(7)14-11(15)3-4-13/h5-6H,3H2,1-2H3,(H,14,15). The van der Waals surface area contributed by atoms with Crippen LogP contribution in [0.3, 0.4) is 0 Å². The maximum atomic E-state index is 11.2. The van der Waals surface area contributed by atoms with Gasteiger partial charge in [0.1, 0.15) is 12.2 Å². The first-order valence-corrected chi connectivity index (χ1v) is 4.97. The SMILES string of the molecule is COc1cc(C)c(NC(=O)CC#N)cc1Cl. The fraction of sp³-hybridized carbons (Fsp3) is 0.273. The van der Waals surface area contributed by atoms with E-state index in [0.29, 0.717) is 16.5 Å². The Balaban J connectivity index is 2.94. The van der Waals surface area contributed by atoms with E-state index in [4.69, 9.17) is 21.6 Å². The largest absolute Gasteiger partial charge is 0.495 e. The van der Waals surface area contributed by atoms with Crippen LogP contribution in [0.5, 0.6) is 5.75 Å². The Morgan fingerprint density at radius 2 is 2.31 bits per heavy atom. The van der Waals surface area contributed by atoms with E-state index < -0.39 is 0 Å². The van der Waals surface area contributed by atoms with Crippen LogP contribution in [-0.4, -0.2) is 13.0 Å². The van der Waals surface area contributed by atoms with Crippen molar-refractivity contribution in [1.82, 2.24) is 0 Å². The van der Waals surface area contributed by atoms with Crippen molar-refractivity contribution in [3.05, 3.63) is 22.7 Å². The molecule has 1 aromatic rings. The predicted molar refractivity (Wildman–Crippen MR) is 61.6 cm³/mol. The maximum Gasteiger partial charge on any atom is 0.238 e. The van der Waals surface area contributed by atoms with Gasteiger partial charge >= 0.3 is 0 Å². The molecule has 84 valence electrons. The van der Waals surface area contributed by atoms with Gasteiger partial charge in [0, 0.05) is 5.69 Å². The minimum Gasteiger partial charge on any atom is -0.495 e. The molecule has 0 aliphatic carbocycles. The summed E-state index contributed by atoms with van der Waals surface area (Å²) in [5.41, 5.74) is 1.42. The second-order valence-corrected chi connectivity index (χ2v) is 3.59. The molecule has 0 bridgehead atoms. The minimum atomic E-state index is -0.355. The molecule has 0 heterocycles. The number of ether oxygens (including phenoxy) is 1. The van der Waals surface area contributed by atoms with Gasteiger partial charge in [-0.1, -0.05) is 11.6 Å². The highest BCUT2D eigenvalue weighted by Crippen LogP contribution is 2.30. The van der Waals surface area contributed by atoms with Crippen LogP contribution >= 0.6 is 11.6 Å². The number of anilines is 1. The van der Waals surface area contributed by atoms with E-state index >= 15 is 0 Å². The first kappa shape index (κ1) is 12.3. The summed E-state index contributed by atoms with van der Waals surface area (Å²) in [4.78, 5) is 11.2. The number of benzene rings is 1. The third-order valence-electron chi connectivity index (χ3n) is 2.01. The summed E-state index contributed by atoms with van der Waals surface area (Å²) in [7, 11) is 1.52. The number of aryl methyl sites for hydroxylation is 1. The summed E-state index contributed by atoms with van der Waals surface area (Å²) in [5, 5.41) is 11.4. The summed E-state index contributed by atoms with van der Waals surface area (Å²) < 4.78 is 5.04. The zero-order chi connectivity index (χ0) is 12.1. The molecule has 0 unspecified atom stereocenters. The van der Waals surface area contributed by atoms with Crippen molar-refractivity contribution >= 4 is 23.2 Å². The minimum absolute atomic E-state index is 0.177. The number of halogens is 1. The molecule has 0 aliphatic heterocycles. The van der Waals surface area contributed by atoms with E-state index in [2.05, 4.69) is 5.32 Å². The van der Waals surface area contributed by atoms with Crippen LogP contribution in [0.1, 0.15) is 12.0 Å². The second-order valence-electron chi connectivity index (χ2n) is 3.18. The van der Waals surface area contributed by atoms with Gasteiger partial charge in [-0.3, -0.25) is 4.79 Å². The summed E-state index contributed by atoms with van der Waals surface area (Å²) >= 11 is 5.92. The fourth-order valence-corrected chi connectivity index (χ4v) is 1.45.